The Kier molecular flexibility index (Phi) is 7.32. The normalized spacial score (nSPS) is 11.8. The highest BCUT2D eigenvalue weighted by Gasteiger charge is 2.61. The van der Waals surface area contributed by atoms with Gasteiger partial charge in [-0.3, -0.25) is 9.88 Å². The van der Waals surface area contributed by atoms with Gasteiger partial charge >= 0.3 is 18.3 Å². The minimum absolute atomic E-state index is 0.282. The average Bonchev–Trinajstić information content (AvgIpc) is 3.59. The van der Waals surface area contributed by atoms with Crippen molar-refractivity contribution in [2.24, 2.45) is 0 Å². The lowest BCUT2D eigenvalue weighted by atomic mass is 10.2. The van der Waals surface area contributed by atoms with Gasteiger partial charge in [0.1, 0.15) is 12.1 Å². The predicted octanol–water partition coefficient (Wildman–Crippen LogP) is 6.95. The van der Waals surface area contributed by atoms with Gasteiger partial charge in [0.05, 0.1) is 5.69 Å². The summed E-state index contributed by atoms with van der Waals surface area (Å²) in [6.07, 6.45) is -6.61. The third-order valence-corrected chi connectivity index (χ3v) is 5.76. The van der Waals surface area contributed by atoms with Crippen LogP contribution in [0.15, 0.2) is 91.5 Å². The Morgan fingerprint density at radius 2 is 1.61 bits per heavy atom. The molecule has 15 heteroatoms. The number of benzene rings is 3. The highest BCUT2D eigenvalue weighted by Crippen LogP contribution is 2.37. The van der Waals surface area contributed by atoms with E-state index in [-0.39, 0.29) is 5.95 Å². The first kappa shape index (κ1) is 27.6. The van der Waals surface area contributed by atoms with Crippen LogP contribution in [-0.2, 0) is 0 Å². The second-order valence-corrected chi connectivity index (χ2v) is 8.82. The average molecular weight is 590 g/mol. The maximum absolute atomic E-state index is 13.1. The molecule has 2 heterocycles. The second kappa shape index (κ2) is 10.9. The third kappa shape index (κ3) is 6.27. The van der Waals surface area contributed by atoms with Crippen molar-refractivity contribution in [1.82, 2.24) is 24.3 Å². The summed E-state index contributed by atoms with van der Waals surface area (Å²) in [5.74, 6) is -0.0877. The Morgan fingerprint density at radius 1 is 0.878 bits per heavy atom. The first-order valence-corrected chi connectivity index (χ1v) is 12.0. The molecule has 0 unspecified atom stereocenters. The highest BCUT2D eigenvalue weighted by atomic mass is 35.5. The Labute approximate surface area is 233 Å². The van der Waals surface area contributed by atoms with Gasteiger partial charge in [-0.25, -0.2) is 19.4 Å². The number of anilines is 2. The van der Waals surface area contributed by atoms with Crippen LogP contribution in [0.5, 0.6) is 5.75 Å². The van der Waals surface area contributed by atoms with E-state index < -0.39 is 24.1 Å². The van der Waals surface area contributed by atoms with E-state index >= 15 is 0 Å². The highest BCUT2D eigenvalue weighted by molar-refractivity contribution is 6.30. The molecule has 2 N–H and O–H groups in total. The van der Waals surface area contributed by atoms with E-state index in [9.17, 15) is 26.7 Å². The smallest absolute Gasteiger partial charge is 0.426 e. The van der Waals surface area contributed by atoms with E-state index in [1.807, 2.05) is 6.07 Å². The van der Waals surface area contributed by atoms with Crippen LogP contribution in [0.4, 0.5) is 38.4 Å². The van der Waals surface area contributed by atoms with Crippen LogP contribution in [0.1, 0.15) is 0 Å². The molecule has 0 atom stereocenters. The molecule has 0 radical (unpaired) electrons. The van der Waals surface area contributed by atoms with Gasteiger partial charge in [0.2, 0.25) is 5.95 Å². The van der Waals surface area contributed by atoms with Crippen LogP contribution in [0, 0.1) is 0 Å². The SMILES string of the molecule is O=C(Nc1ccc(-c2ncn(-c3ccc(OC(F)(F)C(F)(F)F)cc3)n2)cc1)Nc1nccn1-c1cccc(Cl)c1. The molecule has 0 fully saturated rings. The third-order valence-electron chi connectivity index (χ3n) is 5.52. The molecule has 41 heavy (non-hydrogen) atoms. The zero-order valence-corrected chi connectivity index (χ0v) is 21.2. The van der Waals surface area contributed by atoms with Crippen molar-refractivity contribution < 1.29 is 31.5 Å². The van der Waals surface area contributed by atoms with Crippen LogP contribution in [0.25, 0.3) is 22.8 Å². The van der Waals surface area contributed by atoms with E-state index in [1.54, 1.807) is 53.2 Å². The first-order valence-electron chi connectivity index (χ1n) is 11.6. The van der Waals surface area contributed by atoms with Crippen molar-refractivity contribution in [3.8, 4) is 28.5 Å². The number of nitrogens with zero attached hydrogens (tertiary/aromatic N) is 5. The van der Waals surface area contributed by atoms with Gasteiger partial charge in [0.15, 0.2) is 5.82 Å². The molecule has 5 rings (SSSR count). The zero-order valence-electron chi connectivity index (χ0n) is 20.5. The largest absolute Gasteiger partial charge is 0.499 e. The van der Waals surface area contributed by atoms with Gasteiger partial charge in [-0.1, -0.05) is 17.7 Å². The fourth-order valence-corrected chi connectivity index (χ4v) is 3.77. The minimum atomic E-state index is -5.84. The van der Waals surface area contributed by atoms with Crippen LogP contribution in [0.3, 0.4) is 0 Å². The summed E-state index contributed by atoms with van der Waals surface area (Å²) in [6.45, 7) is 0. The van der Waals surface area contributed by atoms with Gasteiger partial charge in [0, 0.05) is 34.4 Å². The Balaban J connectivity index is 1.21. The molecule has 0 aliphatic heterocycles. The van der Waals surface area contributed by atoms with Crippen molar-refractivity contribution in [3.05, 3.63) is 96.5 Å². The number of urea groups is 1. The van der Waals surface area contributed by atoms with E-state index in [0.29, 0.717) is 33.5 Å². The maximum atomic E-state index is 13.1. The molecule has 0 saturated heterocycles. The van der Waals surface area contributed by atoms with Crippen LogP contribution < -0.4 is 15.4 Å². The van der Waals surface area contributed by atoms with Crippen LogP contribution >= 0.6 is 11.6 Å². The number of halogens is 6. The van der Waals surface area contributed by atoms with E-state index in [4.69, 9.17) is 11.6 Å². The fraction of sp³-hybridized carbons (Fsp3) is 0.0769. The van der Waals surface area contributed by atoms with Crippen molar-refractivity contribution in [3.63, 3.8) is 0 Å². The van der Waals surface area contributed by atoms with Gasteiger partial charge in [0.25, 0.3) is 0 Å². The Hall–Kier alpha value is -4.98. The van der Waals surface area contributed by atoms with E-state index in [1.165, 1.54) is 29.3 Å². The standard InChI is InChI=1S/C26H17ClF5N7O2/c27-17-2-1-3-20(14-17)38-13-12-33-23(38)36-24(40)35-18-6-4-16(5-7-18)22-34-15-39(37-22)19-8-10-21(11-9-19)41-26(31,32)25(28,29)30/h1-15H,(H2,33,35,36,40). The predicted molar refractivity (Wildman–Crippen MR) is 140 cm³/mol. The number of carbonyl (C=O) groups excluding carboxylic acids is 1. The molecule has 2 aromatic heterocycles. The van der Waals surface area contributed by atoms with Crippen molar-refractivity contribution in [2.75, 3.05) is 10.6 Å². The summed E-state index contributed by atoms with van der Waals surface area (Å²) in [4.78, 5) is 20.9. The lowest BCUT2D eigenvalue weighted by Gasteiger charge is -2.20. The van der Waals surface area contributed by atoms with Crippen LogP contribution in [-0.4, -0.2) is 42.6 Å². The molecule has 9 nitrogen and oxygen atoms in total. The summed E-state index contributed by atoms with van der Waals surface area (Å²) in [6, 6.07) is 17.5. The van der Waals surface area contributed by atoms with Crippen molar-refractivity contribution in [1.29, 1.82) is 0 Å². The Bertz CT molecular complexity index is 1670. The summed E-state index contributed by atoms with van der Waals surface area (Å²) in [7, 11) is 0. The van der Waals surface area contributed by atoms with Gasteiger partial charge < -0.3 is 10.1 Å². The molecule has 0 bridgehead atoms. The number of amides is 2. The molecule has 0 saturated carbocycles. The fourth-order valence-electron chi connectivity index (χ4n) is 3.59. The van der Waals surface area contributed by atoms with Crippen molar-refractivity contribution >= 4 is 29.3 Å². The lowest BCUT2D eigenvalue weighted by molar-refractivity contribution is -0.360. The number of aromatic nitrogens is 5. The lowest BCUT2D eigenvalue weighted by Crippen LogP contribution is -2.41. The quantitative estimate of drug-likeness (QED) is 0.200. The molecule has 0 aliphatic rings. The van der Waals surface area contributed by atoms with Crippen LogP contribution in [0.2, 0.25) is 5.02 Å². The number of alkyl halides is 5. The van der Waals surface area contributed by atoms with Gasteiger partial charge in [-0.15, -0.1) is 5.10 Å². The number of nitrogens with one attached hydrogen (secondary N) is 2. The number of hydrogen-bond donors (Lipinski definition) is 2. The summed E-state index contributed by atoms with van der Waals surface area (Å²) in [5.41, 5.74) is 2.13. The van der Waals surface area contributed by atoms with Gasteiger partial charge in [-0.2, -0.15) is 22.0 Å². The number of rotatable bonds is 7. The second-order valence-electron chi connectivity index (χ2n) is 8.38. The number of ether oxygens (including phenoxy) is 1. The van der Waals surface area contributed by atoms with Gasteiger partial charge in [-0.05, 0) is 66.7 Å². The van der Waals surface area contributed by atoms with E-state index in [2.05, 4.69) is 30.4 Å². The molecular weight excluding hydrogens is 573 g/mol. The minimum Gasteiger partial charge on any atom is -0.426 e. The number of hydrogen-bond acceptors (Lipinski definition) is 5. The topological polar surface area (TPSA) is 98.9 Å². The maximum Gasteiger partial charge on any atom is 0.499 e. The monoisotopic (exact) mass is 589 g/mol. The number of imidazole rings is 1. The Morgan fingerprint density at radius 3 is 2.29 bits per heavy atom. The summed E-state index contributed by atoms with van der Waals surface area (Å²) < 4.78 is 70.0. The molecule has 0 aliphatic carbocycles. The molecule has 210 valence electrons. The molecule has 2 amide bonds. The molecule has 5 aromatic rings. The molecular formula is C26H17ClF5N7O2. The first-order chi connectivity index (χ1) is 19.5. The van der Waals surface area contributed by atoms with E-state index in [0.717, 1.165) is 12.1 Å². The number of carbonyl (C=O) groups is 1. The van der Waals surface area contributed by atoms with Crippen molar-refractivity contribution in [2.45, 2.75) is 12.3 Å². The molecule has 3 aromatic carbocycles. The summed E-state index contributed by atoms with van der Waals surface area (Å²) >= 11 is 6.05. The zero-order chi connectivity index (χ0) is 29.2. The molecule has 0 spiro atoms. The summed E-state index contributed by atoms with van der Waals surface area (Å²) in [5, 5.41) is 10.2.